The second-order valence-electron chi connectivity index (χ2n) is 7.81. The van der Waals surface area contributed by atoms with Crippen molar-refractivity contribution in [2.24, 2.45) is 5.92 Å². The Morgan fingerprint density at radius 1 is 1.03 bits per heavy atom. The molecule has 0 radical (unpaired) electrons. The lowest BCUT2D eigenvalue weighted by Crippen LogP contribution is -2.19. The molecule has 1 fully saturated rings. The average Bonchev–Trinajstić information content (AvgIpc) is 3.33. The van der Waals surface area contributed by atoms with Crippen molar-refractivity contribution >= 4 is 40.2 Å². The van der Waals surface area contributed by atoms with Crippen LogP contribution in [-0.4, -0.2) is 30.6 Å². The van der Waals surface area contributed by atoms with Crippen LogP contribution in [0.15, 0.2) is 36.4 Å². The molecule has 0 bridgehead atoms. The zero-order valence-corrected chi connectivity index (χ0v) is 17.9. The van der Waals surface area contributed by atoms with Gasteiger partial charge in [0, 0.05) is 55.0 Å². The molecule has 0 aliphatic carbocycles. The normalized spacial score (nSPS) is 16.1. The van der Waals surface area contributed by atoms with Crippen LogP contribution in [0.3, 0.4) is 0 Å². The molecule has 1 aliphatic rings. The summed E-state index contributed by atoms with van der Waals surface area (Å²) in [4.78, 5) is 40.3. The van der Waals surface area contributed by atoms with E-state index in [2.05, 4.69) is 17.1 Å². The topological polar surface area (TPSA) is 66.5 Å². The molecule has 1 aromatic heterocycles. The summed E-state index contributed by atoms with van der Waals surface area (Å²) < 4.78 is 0. The monoisotopic (exact) mass is 412 g/mol. The van der Waals surface area contributed by atoms with Crippen LogP contribution < -0.4 is 10.2 Å². The van der Waals surface area contributed by atoms with E-state index in [1.165, 1.54) is 23.4 Å². The summed E-state index contributed by atoms with van der Waals surface area (Å²) in [6, 6.07) is 11.6. The van der Waals surface area contributed by atoms with E-state index in [0.29, 0.717) is 4.88 Å². The summed E-state index contributed by atoms with van der Waals surface area (Å²) >= 11 is 1.45. The molecule has 0 spiro atoms. The molecule has 1 saturated heterocycles. The molecule has 29 heavy (non-hydrogen) atoms. The number of thiophene rings is 1. The summed E-state index contributed by atoms with van der Waals surface area (Å²) in [7, 11) is 0. The lowest BCUT2D eigenvalue weighted by Gasteiger charge is -2.18. The standard InChI is InChI=1S/C23H28N2O3S/c1-16-13-14-25(15-16)19-6-4-18(5-7-19)24-23(28)12-9-20(26)8-10-21(27)22-11-3-17(2)29-22/h3-7,11,16H,8-10,12-15H2,1-2H3,(H,24,28). The maximum absolute atomic E-state index is 12.1. The van der Waals surface area contributed by atoms with Gasteiger partial charge in [0.2, 0.25) is 5.91 Å². The van der Waals surface area contributed by atoms with Gasteiger partial charge in [-0.3, -0.25) is 14.4 Å². The highest BCUT2D eigenvalue weighted by atomic mass is 32.1. The van der Waals surface area contributed by atoms with Gasteiger partial charge in [-0.05, 0) is 55.7 Å². The number of carbonyl (C=O) groups is 3. The van der Waals surface area contributed by atoms with E-state index < -0.39 is 0 Å². The number of carbonyl (C=O) groups excluding carboxylic acids is 3. The van der Waals surface area contributed by atoms with E-state index in [-0.39, 0.29) is 43.2 Å². The lowest BCUT2D eigenvalue weighted by molar-refractivity contribution is -0.122. The molecule has 1 amide bonds. The van der Waals surface area contributed by atoms with Gasteiger partial charge in [0.05, 0.1) is 4.88 Å². The highest BCUT2D eigenvalue weighted by Crippen LogP contribution is 2.25. The number of hydrogen-bond acceptors (Lipinski definition) is 5. The molecule has 3 rings (SSSR count). The van der Waals surface area contributed by atoms with Gasteiger partial charge in [0.25, 0.3) is 0 Å². The van der Waals surface area contributed by atoms with Crippen LogP contribution in [0, 0.1) is 12.8 Å². The van der Waals surface area contributed by atoms with Crippen molar-refractivity contribution in [2.45, 2.75) is 46.0 Å². The number of nitrogens with one attached hydrogen (secondary N) is 1. The molecular formula is C23H28N2O3S. The highest BCUT2D eigenvalue weighted by molar-refractivity contribution is 7.14. The molecule has 2 aromatic rings. The number of Topliss-reactive ketones (excluding diaryl/α,β-unsaturated/α-hetero) is 2. The summed E-state index contributed by atoms with van der Waals surface area (Å²) in [6.45, 7) is 6.35. The van der Waals surface area contributed by atoms with Crippen molar-refractivity contribution in [3.63, 3.8) is 0 Å². The van der Waals surface area contributed by atoms with Crippen LogP contribution in [-0.2, 0) is 9.59 Å². The third kappa shape index (κ3) is 6.26. The first-order valence-corrected chi connectivity index (χ1v) is 11.0. The molecular weight excluding hydrogens is 384 g/mol. The van der Waals surface area contributed by atoms with Crippen LogP contribution in [0.1, 0.15) is 53.6 Å². The number of benzene rings is 1. The van der Waals surface area contributed by atoms with Crippen LogP contribution >= 0.6 is 11.3 Å². The number of rotatable bonds is 9. The second kappa shape index (κ2) is 9.83. The van der Waals surface area contributed by atoms with E-state index in [4.69, 9.17) is 0 Å². The molecule has 154 valence electrons. The van der Waals surface area contributed by atoms with Crippen molar-refractivity contribution in [2.75, 3.05) is 23.3 Å². The molecule has 0 saturated carbocycles. The maximum Gasteiger partial charge on any atom is 0.224 e. The Morgan fingerprint density at radius 3 is 2.38 bits per heavy atom. The minimum absolute atomic E-state index is 0.00612. The van der Waals surface area contributed by atoms with Gasteiger partial charge >= 0.3 is 0 Å². The third-order valence-corrected chi connectivity index (χ3v) is 6.26. The van der Waals surface area contributed by atoms with Gasteiger partial charge in [-0.15, -0.1) is 11.3 Å². The molecule has 6 heteroatoms. The van der Waals surface area contributed by atoms with Gasteiger partial charge in [0.1, 0.15) is 5.78 Å². The number of aryl methyl sites for hydroxylation is 1. The Morgan fingerprint density at radius 2 is 1.76 bits per heavy atom. The van der Waals surface area contributed by atoms with Crippen LogP contribution in [0.25, 0.3) is 0 Å². The summed E-state index contributed by atoms with van der Waals surface area (Å²) in [5.74, 6) is 0.478. The van der Waals surface area contributed by atoms with Crippen molar-refractivity contribution < 1.29 is 14.4 Å². The molecule has 2 heterocycles. The van der Waals surface area contributed by atoms with Gasteiger partial charge in [-0.25, -0.2) is 0 Å². The van der Waals surface area contributed by atoms with Crippen molar-refractivity contribution in [3.05, 3.63) is 46.2 Å². The number of anilines is 2. The second-order valence-corrected chi connectivity index (χ2v) is 9.09. The Kier molecular flexibility index (Phi) is 7.20. The molecule has 1 atom stereocenters. The van der Waals surface area contributed by atoms with Crippen LogP contribution in [0.5, 0.6) is 0 Å². The fourth-order valence-electron chi connectivity index (χ4n) is 3.49. The predicted octanol–water partition coefficient (Wildman–Crippen LogP) is 4.85. The smallest absolute Gasteiger partial charge is 0.224 e. The number of amides is 1. The van der Waals surface area contributed by atoms with Crippen LogP contribution in [0.2, 0.25) is 0 Å². The Hall–Kier alpha value is -2.47. The zero-order valence-electron chi connectivity index (χ0n) is 17.1. The Labute approximate surface area is 176 Å². The molecule has 1 aromatic carbocycles. The molecule has 5 nitrogen and oxygen atoms in total. The first kappa shape index (κ1) is 21.2. The number of nitrogens with zero attached hydrogens (tertiary/aromatic N) is 1. The van der Waals surface area contributed by atoms with Crippen molar-refractivity contribution in [1.82, 2.24) is 0 Å². The van der Waals surface area contributed by atoms with Gasteiger partial charge in [0.15, 0.2) is 5.78 Å². The summed E-state index contributed by atoms with van der Waals surface area (Å²) in [5.41, 5.74) is 1.91. The summed E-state index contributed by atoms with van der Waals surface area (Å²) in [5, 5.41) is 2.84. The fraction of sp³-hybridized carbons (Fsp3) is 0.435. The molecule has 1 N–H and O–H groups in total. The average molecular weight is 413 g/mol. The quantitative estimate of drug-likeness (QED) is 0.598. The maximum atomic E-state index is 12.1. The van der Waals surface area contributed by atoms with E-state index >= 15 is 0 Å². The summed E-state index contributed by atoms with van der Waals surface area (Å²) in [6.07, 6.45) is 1.90. The lowest BCUT2D eigenvalue weighted by atomic mass is 10.1. The first-order valence-electron chi connectivity index (χ1n) is 10.2. The van der Waals surface area contributed by atoms with Crippen LogP contribution in [0.4, 0.5) is 11.4 Å². The Balaban J connectivity index is 1.38. The van der Waals surface area contributed by atoms with E-state index in [1.807, 2.05) is 37.3 Å². The fourth-order valence-corrected chi connectivity index (χ4v) is 4.32. The van der Waals surface area contributed by atoms with Crippen molar-refractivity contribution in [3.8, 4) is 0 Å². The molecule has 1 aliphatic heterocycles. The largest absolute Gasteiger partial charge is 0.371 e. The molecule has 1 unspecified atom stereocenters. The number of hydrogen-bond donors (Lipinski definition) is 1. The van der Waals surface area contributed by atoms with Crippen molar-refractivity contribution in [1.29, 1.82) is 0 Å². The highest BCUT2D eigenvalue weighted by Gasteiger charge is 2.18. The van der Waals surface area contributed by atoms with Gasteiger partial charge < -0.3 is 10.2 Å². The SMILES string of the molecule is Cc1ccc(C(=O)CCC(=O)CCC(=O)Nc2ccc(N3CCC(C)C3)cc2)s1. The predicted molar refractivity (Wildman–Crippen MR) is 118 cm³/mol. The zero-order chi connectivity index (χ0) is 20.8. The minimum atomic E-state index is -0.180. The third-order valence-electron chi connectivity index (χ3n) is 5.22. The number of ketones is 2. The first-order chi connectivity index (χ1) is 13.9. The van der Waals surface area contributed by atoms with Gasteiger partial charge in [-0.1, -0.05) is 6.92 Å². The van der Waals surface area contributed by atoms with E-state index in [0.717, 1.165) is 29.6 Å². The van der Waals surface area contributed by atoms with E-state index in [9.17, 15) is 14.4 Å². The van der Waals surface area contributed by atoms with Gasteiger partial charge in [-0.2, -0.15) is 0 Å². The minimum Gasteiger partial charge on any atom is -0.371 e. The Bertz CT molecular complexity index is 873. The van der Waals surface area contributed by atoms with E-state index in [1.54, 1.807) is 6.07 Å².